The summed E-state index contributed by atoms with van der Waals surface area (Å²) in [5.41, 5.74) is 1.64. The highest BCUT2D eigenvalue weighted by atomic mass is 32.2. The van der Waals surface area contributed by atoms with Crippen LogP contribution in [0.3, 0.4) is 0 Å². The molecule has 24 heavy (non-hydrogen) atoms. The summed E-state index contributed by atoms with van der Waals surface area (Å²) < 4.78 is 5.38. The summed E-state index contributed by atoms with van der Waals surface area (Å²) in [4.78, 5) is 13.5. The van der Waals surface area contributed by atoms with Crippen molar-refractivity contribution in [2.75, 3.05) is 13.4 Å². The second kappa shape index (κ2) is 7.37. The molecule has 0 aliphatic carbocycles. The molecule has 2 nitrogen and oxygen atoms in total. The lowest BCUT2D eigenvalue weighted by Gasteiger charge is -2.06. The Hall–Kier alpha value is -2.52. The number of hydrogen-bond donors (Lipinski definition) is 0. The van der Waals surface area contributed by atoms with E-state index >= 15 is 0 Å². The van der Waals surface area contributed by atoms with E-state index in [2.05, 4.69) is 0 Å². The molecule has 0 aromatic heterocycles. The van der Waals surface area contributed by atoms with Gasteiger partial charge in [0.1, 0.15) is 5.75 Å². The third kappa shape index (κ3) is 3.52. The van der Waals surface area contributed by atoms with Crippen LogP contribution < -0.4 is 4.74 Å². The van der Waals surface area contributed by atoms with Gasteiger partial charge in [0.15, 0.2) is 5.78 Å². The Morgan fingerprint density at radius 1 is 1.00 bits per heavy atom. The zero-order valence-corrected chi connectivity index (χ0v) is 14.5. The van der Waals surface area contributed by atoms with E-state index in [-0.39, 0.29) is 5.78 Å². The number of methoxy groups -OCH3 is 1. The molecule has 3 aromatic carbocycles. The van der Waals surface area contributed by atoms with Crippen LogP contribution in [-0.4, -0.2) is 19.1 Å². The number of rotatable bonds is 5. The first kappa shape index (κ1) is 16.3. The highest BCUT2D eigenvalue weighted by molar-refractivity contribution is 7.98. The molecule has 0 aliphatic heterocycles. The zero-order chi connectivity index (χ0) is 16.9. The van der Waals surface area contributed by atoms with Gasteiger partial charge in [0.25, 0.3) is 0 Å². The molecule has 0 aliphatic rings. The van der Waals surface area contributed by atoms with Crippen LogP contribution in [-0.2, 0) is 0 Å². The first-order valence-electron chi connectivity index (χ1n) is 7.64. The first-order valence-corrected chi connectivity index (χ1v) is 8.87. The average molecular weight is 334 g/mol. The summed E-state index contributed by atoms with van der Waals surface area (Å²) in [6.45, 7) is 0. The number of carbonyl (C=O) groups is 1. The number of carbonyl (C=O) groups excluding carboxylic acids is 1. The molecule has 0 radical (unpaired) electrons. The van der Waals surface area contributed by atoms with Gasteiger partial charge in [-0.2, -0.15) is 0 Å². The molecule has 0 unspecified atom stereocenters. The van der Waals surface area contributed by atoms with Crippen molar-refractivity contribution >= 4 is 34.4 Å². The molecule has 0 saturated carbocycles. The fourth-order valence-corrected chi connectivity index (χ4v) is 3.11. The van der Waals surface area contributed by atoms with E-state index in [1.54, 1.807) is 24.9 Å². The number of ether oxygens (including phenoxy) is 1. The van der Waals surface area contributed by atoms with E-state index < -0.39 is 0 Å². The van der Waals surface area contributed by atoms with Crippen LogP contribution >= 0.6 is 11.8 Å². The summed E-state index contributed by atoms with van der Waals surface area (Å²) in [5.74, 6) is 0.816. The molecule has 0 fully saturated rings. The topological polar surface area (TPSA) is 26.3 Å². The lowest BCUT2D eigenvalue weighted by atomic mass is 10.0. The normalized spacial score (nSPS) is 11.1. The highest BCUT2D eigenvalue weighted by Gasteiger charge is 2.05. The van der Waals surface area contributed by atoms with Crippen LogP contribution in [0.1, 0.15) is 15.9 Å². The van der Waals surface area contributed by atoms with E-state index in [4.69, 9.17) is 4.74 Å². The Labute approximate surface area is 146 Å². The van der Waals surface area contributed by atoms with Crippen LogP contribution in [0.4, 0.5) is 0 Å². The fourth-order valence-electron chi connectivity index (χ4n) is 2.57. The van der Waals surface area contributed by atoms with E-state index in [9.17, 15) is 4.79 Å². The van der Waals surface area contributed by atoms with Crippen LogP contribution in [0.5, 0.6) is 5.75 Å². The third-order valence-corrected chi connectivity index (χ3v) is 4.65. The predicted molar refractivity (Wildman–Crippen MR) is 102 cm³/mol. The molecule has 3 aromatic rings. The minimum Gasteiger partial charge on any atom is -0.496 e. The fraction of sp³-hybridized carbons (Fsp3) is 0.0952. The average Bonchev–Trinajstić information content (AvgIpc) is 2.65. The number of benzene rings is 3. The SMILES string of the molecule is COc1cc(/C=C/C(=O)c2ccc3ccccc3c2)ccc1SC. The van der Waals surface area contributed by atoms with E-state index in [0.29, 0.717) is 5.56 Å². The minimum atomic E-state index is -0.00587. The second-order valence-electron chi connectivity index (χ2n) is 5.37. The van der Waals surface area contributed by atoms with Gasteiger partial charge in [-0.3, -0.25) is 4.79 Å². The monoisotopic (exact) mass is 334 g/mol. The highest BCUT2D eigenvalue weighted by Crippen LogP contribution is 2.28. The Balaban J connectivity index is 1.83. The maximum atomic E-state index is 12.4. The Morgan fingerprint density at radius 2 is 1.79 bits per heavy atom. The predicted octanol–water partition coefficient (Wildman–Crippen LogP) is 5.47. The van der Waals surface area contributed by atoms with Crippen molar-refractivity contribution in [2.45, 2.75) is 4.90 Å². The maximum Gasteiger partial charge on any atom is 0.185 e. The van der Waals surface area contributed by atoms with Crippen LogP contribution in [0.15, 0.2) is 71.6 Å². The summed E-state index contributed by atoms with van der Waals surface area (Å²) in [6, 6.07) is 19.7. The molecule has 0 saturated heterocycles. The van der Waals surface area contributed by atoms with E-state index in [1.165, 1.54) is 0 Å². The Bertz CT molecular complexity index is 913. The van der Waals surface area contributed by atoms with Crippen molar-refractivity contribution < 1.29 is 9.53 Å². The smallest absolute Gasteiger partial charge is 0.185 e. The largest absolute Gasteiger partial charge is 0.496 e. The van der Waals surface area contributed by atoms with Crippen molar-refractivity contribution in [1.29, 1.82) is 0 Å². The van der Waals surface area contributed by atoms with Gasteiger partial charge in [-0.25, -0.2) is 0 Å². The van der Waals surface area contributed by atoms with Gasteiger partial charge in [0.05, 0.1) is 7.11 Å². The van der Waals surface area contributed by atoms with Crippen molar-refractivity contribution in [2.24, 2.45) is 0 Å². The Kier molecular flexibility index (Phi) is 5.02. The van der Waals surface area contributed by atoms with E-state index in [0.717, 1.165) is 27.0 Å². The molecule has 3 heteroatoms. The zero-order valence-electron chi connectivity index (χ0n) is 13.7. The van der Waals surface area contributed by atoms with Crippen molar-refractivity contribution in [1.82, 2.24) is 0 Å². The van der Waals surface area contributed by atoms with Crippen LogP contribution in [0.2, 0.25) is 0 Å². The van der Waals surface area contributed by atoms with Crippen LogP contribution in [0.25, 0.3) is 16.8 Å². The van der Waals surface area contributed by atoms with Gasteiger partial charge in [0, 0.05) is 10.5 Å². The molecule has 0 amide bonds. The number of ketones is 1. The third-order valence-electron chi connectivity index (χ3n) is 3.87. The summed E-state index contributed by atoms with van der Waals surface area (Å²) >= 11 is 1.64. The molecule has 3 rings (SSSR count). The molecule has 0 bridgehead atoms. The number of thioether (sulfide) groups is 1. The molecule has 0 heterocycles. The molecular weight excluding hydrogens is 316 g/mol. The van der Waals surface area contributed by atoms with Crippen molar-refractivity contribution in [3.05, 3.63) is 77.9 Å². The van der Waals surface area contributed by atoms with Gasteiger partial charge in [-0.1, -0.05) is 48.5 Å². The van der Waals surface area contributed by atoms with Gasteiger partial charge in [0.2, 0.25) is 0 Å². The number of hydrogen-bond acceptors (Lipinski definition) is 3. The van der Waals surface area contributed by atoms with Gasteiger partial charge in [-0.15, -0.1) is 11.8 Å². The number of fused-ring (bicyclic) bond motifs is 1. The second-order valence-corrected chi connectivity index (χ2v) is 6.22. The minimum absolute atomic E-state index is 0.00587. The van der Waals surface area contributed by atoms with Crippen molar-refractivity contribution in [3.8, 4) is 5.75 Å². The lowest BCUT2D eigenvalue weighted by Crippen LogP contribution is -1.94. The first-order chi connectivity index (χ1) is 11.7. The summed E-state index contributed by atoms with van der Waals surface area (Å²) in [6.07, 6.45) is 5.44. The van der Waals surface area contributed by atoms with Gasteiger partial charge in [-0.05, 0) is 46.9 Å². The molecule has 0 spiro atoms. The summed E-state index contributed by atoms with van der Waals surface area (Å²) in [7, 11) is 1.66. The maximum absolute atomic E-state index is 12.4. The van der Waals surface area contributed by atoms with E-state index in [1.807, 2.05) is 73.0 Å². The molecule has 0 atom stereocenters. The molecule has 0 N–H and O–H groups in total. The van der Waals surface area contributed by atoms with Gasteiger partial charge < -0.3 is 4.74 Å². The number of allylic oxidation sites excluding steroid dienone is 1. The summed E-state index contributed by atoms with van der Waals surface area (Å²) in [5, 5.41) is 2.21. The molecular formula is C21H18O2S. The quantitative estimate of drug-likeness (QED) is 0.352. The standard InChI is InChI=1S/C21H18O2S/c1-23-20-13-15(8-12-21(20)24-2)7-11-19(22)18-10-9-16-5-3-4-6-17(16)14-18/h3-14H,1-2H3/b11-7+. The lowest BCUT2D eigenvalue weighted by molar-refractivity contribution is 0.104. The molecule has 120 valence electrons. The van der Waals surface area contributed by atoms with Gasteiger partial charge >= 0.3 is 0 Å². The van der Waals surface area contributed by atoms with Crippen LogP contribution in [0, 0.1) is 0 Å². The van der Waals surface area contributed by atoms with Crippen molar-refractivity contribution in [3.63, 3.8) is 0 Å². The Morgan fingerprint density at radius 3 is 2.54 bits per heavy atom.